The first-order chi connectivity index (χ1) is 8.58. The van der Waals surface area contributed by atoms with Crippen molar-refractivity contribution >= 4 is 34.7 Å². The first-order valence-electron chi connectivity index (χ1n) is 5.29. The molecule has 0 heterocycles. The van der Waals surface area contributed by atoms with Crippen molar-refractivity contribution in [3.8, 4) is 5.40 Å². The fraction of sp³-hybridized carbons (Fsp3) is 0.364. The Morgan fingerprint density at radius 1 is 1.67 bits per heavy atom. The van der Waals surface area contributed by atoms with E-state index < -0.39 is 4.92 Å². The Labute approximate surface area is 114 Å². The Balaban J connectivity index is 2.88. The predicted octanol–water partition coefficient (Wildman–Crippen LogP) is 3.65. The predicted molar refractivity (Wildman–Crippen MR) is 73.9 cm³/mol. The van der Waals surface area contributed by atoms with Gasteiger partial charge in [0, 0.05) is 22.9 Å². The fourth-order valence-corrected chi connectivity index (χ4v) is 2.16. The molecule has 0 aliphatic heterocycles. The van der Waals surface area contributed by atoms with Crippen molar-refractivity contribution in [2.24, 2.45) is 0 Å². The SMILES string of the molecule is CCC(CSC#N)Nc1ccc(Cl)cc1[N+](=O)[O-]. The molecule has 1 aromatic rings. The third-order valence-corrected chi connectivity index (χ3v) is 3.29. The molecule has 0 aromatic heterocycles. The molecule has 0 bridgehead atoms. The summed E-state index contributed by atoms with van der Waals surface area (Å²) in [5.41, 5.74) is 0.373. The van der Waals surface area contributed by atoms with Gasteiger partial charge in [0.15, 0.2) is 0 Å². The second-order valence-electron chi connectivity index (χ2n) is 3.57. The molecule has 1 aromatic carbocycles. The van der Waals surface area contributed by atoms with Crippen LogP contribution in [0.25, 0.3) is 0 Å². The molecule has 7 heteroatoms. The number of thiocyanates is 1. The molecule has 96 valence electrons. The van der Waals surface area contributed by atoms with Gasteiger partial charge in [-0.3, -0.25) is 10.1 Å². The Bertz CT molecular complexity index is 476. The molecule has 1 rings (SSSR count). The van der Waals surface area contributed by atoms with Gasteiger partial charge in [-0.1, -0.05) is 18.5 Å². The molecule has 0 amide bonds. The summed E-state index contributed by atoms with van der Waals surface area (Å²) in [7, 11) is 0. The van der Waals surface area contributed by atoms with Gasteiger partial charge in [-0.15, -0.1) is 0 Å². The number of nitro benzene ring substituents is 1. The molecular formula is C11H12ClN3O2S. The van der Waals surface area contributed by atoms with Crippen LogP contribution in [-0.4, -0.2) is 16.7 Å². The average Bonchev–Trinajstić information content (AvgIpc) is 2.35. The van der Waals surface area contributed by atoms with Crippen molar-refractivity contribution in [2.75, 3.05) is 11.1 Å². The number of rotatable bonds is 6. The molecule has 18 heavy (non-hydrogen) atoms. The summed E-state index contributed by atoms with van der Waals surface area (Å²) < 4.78 is 0. The summed E-state index contributed by atoms with van der Waals surface area (Å²) in [5, 5.41) is 24.8. The maximum absolute atomic E-state index is 10.9. The highest BCUT2D eigenvalue weighted by Crippen LogP contribution is 2.28. The Morgan fingerprint density at radius 3 is 2.94 bits per heavy atom. The van der Waals surface area contributed by atoms with Gasteiger partial charge in [-0.25, -0.2) is 0 Å². The number of anilines is 1. The number of hydrogen-bond donors (Lipinski definition) is 1. The molecule has 0 saturated heterocycles. The summed E-state index contributed by atoms with van der Waals surface area (Å²) in [6.45, 7) is 1.96. The largest absolute Gasteiger partial charge is 0.376 e. The second kappa shape index (κ2) is 7.09. The number of thioether (sulfide) groups is 1. The maximum atomic E-state index is 10.9. The molecule has 0 saturated carbocycles. The number of nitrogens with zero attached hydrogens (tertiary/aromatic N) is 2. The van der Waals surface area contributed by atoms with Crippen molar-refractivity contribution in [3.63, 3.8) is 0 Å². The van der Waals surface area contributed by atoms with Crippen LogP contribution in [0.4, 0.5) is 11.4 Å². The van der Waals surface area contributed by atoms with Gasteiger partial charge in [-0.2, -0.15) is 5.26 Å². The Kier molecular flexibility index (Phi) is 5.75. The van der Waals surface area contributed by atoms with Crippen molar-refractivity contribution < 1.29 is 4.92 Å². The third-order valence-electron chi connectivity index (χ3n) is 2.36. The third kappa shape index (κ3) is 4.09. The topological polar surface area (TPSA) is 79.0 Å². The lowest BCUT2D eigenvalue weighted by Crippen LogP contribution is -2.21. The number of benzene rings is 1. The minimum Gasteiger partial charge on any atom is -0.376 e. The maximum Gasteiger partial charge on any atom is 0.293 e. The first kappa shape index (κ1) is 14.6. The number of hydrogen-bond acceptors (Lipinski definition) is 5. The molecule has 0 radical (unpaired) electrons. The summed E-state index contributed by atoms with van der Waals surface area (Å²) in [6.07, 6.45) is 0.772. The van der Waals surface area contributed by atoms with Crippen LogP contribution in [0, 0.1) is 20.8 Å². The molecule has 0 aliphatic carbocycles. The van der Waals surface area contributed by atoms with Gasteiger partial charge < -0.3 is 5.32 Å². The zero-order chi connectivity index (χ0) is 13.5. The minimum absolute atomic E-state index is 0.00882. The molecule has 1 atom stereocenters. The molecule has 1 unspecified atom stereocenters. The second-order valence-corrected chi connectivity index (χ2v) is 4.81. The smallest absolute Gasteiger partial charge is 0.293 e. The highest BCUT2D eigenvalue weighted by atomic mass is 35.5. The highest BCUT2D eigenvalue weighted by Gasteiger charge is 2.17. The van der Waals surface area contributed by atoms with Crippen molar-refractivity contribution in [1.82, 2.24) is 0 Å². The minimum atomic E-state index is -0.474. The molecule has 0 spiro atoms. The van der Waals surface area contributed by atoms with E-state index >= 15 is 0 Å². The van der Waals surface area contributed by atoms with Crippen LogP contribution < -0.4 is 5.32 Å². The van der Waals surface area contributed by atoms with Crippen molar-refractivity contribution in [2.45, 2.75) is 19.4 Å². The molecular weight excluding hydrogens is 274 g/mol. The summed E-state index contributed by atoms with van der Waals surface area (Å²) in [4.78, 5) is 10.4. The van der Waals surface area contributed by atoms with Crippen LogP contribution in [-0.2, 0) is 0 Å². The normalized spacial score (nSPS) is 11.6. The molecule has 5 nitrogen and oxygen atoms in total. The van der Waals surface area contributed by atoms with Crippen molar-refractivity contribution in [3.05, 3.63) is 33.3 Å². The quantitative estimate of drug-likeness (QED) is 0.490. The molecule has 0 aliphatic rings. The van der Waals surface area contributed by atoms with Gasteiger partial charge in [0.05, 0.1) is 4.92 Å². The lowest BCUT2D eigenvalue weighted by atomic mass is 10.2. The Morgan fingerprint density at radius 2 is 2.39 bits per heavy atom. The van der Waals surface area contributed by atoms with Gasteiger partial charge >= 0.3 is 0 Å². The van der Waals surface area contributed by atoms with Gasteiger partial charge in [-0.05, 0) is 30.3 Å². The lowest BCUT2D eigenvalue weighted by molar-refractivity contribution is -0.384. The van der Waals surface area contributed by atoms with Crippen LogP contribution in [0.2, 0.25) is 5.02 Å². The van der Waals surface area contributed by atoms with Crippen LogP contribution in [0.1, 0.15) is 13.3 Å². The number of nitrogens with one attached hydrogen (secondary N) is 1. The first-order valence-corrected chi connectivity index (χ1v) is 6.66. The van der Waals surface area contributed by atoms with Crippen LogP contribution in [0.15, 0.2) is 18.2 Å². The standard InChI is InChI=1S/C11H12ClN3O2S/c1-2-9(6-18-7-13)14-10-4-3-8(12)5-11(10)15(16)17/h3-5,9,14H,2,6H2,1H3. The van der Waals surface area contributed by atoms with E-state index in [1.54, 1.807) is 12.1 Å². The van der Waals surface area contributed by atoms with E-state index in [0.717, 1.165) is 18.2 Å². The zero-order valence-electron chi connectivity index (χ0n) is 9.72. The van der Waals surface area contributed by atoms with Gasteiger partial charge in [0.2, 0.25) is 0 Å². The van der Waals surface area contributed by atoms with Crippen LogP contribution in [0.3, 0.4) is 0 Å². The molecule has 0 fully saturated rings. The molecule has 1 N–H and O–H groups in total. The monoisotopic (exact) mass is 285 g/mol. The van der Waals surface area contributed by atoms with Gasteiger partial charge in [0.25, 0.3) is 5.69 Å². The summed E-state index contributed by atoms with van der Waals surface area (Å²) in [6, 6.07) is 4.50. The van der Waals surface area contributed by atoms with E-state index in [0.29, 0.717) is 16.5 Å². The summed E-state index contributed by atoms with van der Waals surface area (Å²) in [5.74, 6) is 0.576. The lowest BCUT2D eigenvalue weighted by Gasteiger charge is -2.16. The van der Waals surface area contributed by atoms with E-state index in [1.807, 2.05) is 12.3 Å². The van der Waals surface area contributed by atoms with E-state index in [-0.39, 0.29) is 11.7 Å². The number of nitriles is 1. The zero-order valence-corrected chi connectivity index (χ0v) is 11.3. The van der Waals surface area contributed by atoms with Crippen LogP contribution >= 0.6 is 23.4 Å². The van der Waals surface area contributed by atoms with Crippen LogP contribution in [0.5, 0.6) is 0 Å². The van der Waals surface area contributed by atoms with E-state index in [1.165, 1.54) is 6.07 Å². The summed E-state index contributed by atoms with van der Waals surface area (Å²) >= 11 is 6.86. The number of nitro groups is 1. The number of halogens is 1. The average molecular weight is 286 g/mol. The van der Waals surface area contributed by atoms with E-state index in [4.69, 9.17) is 16.9 Å². The highest BCUT2D eigenvalue weighted by molar-refractivity contribution is 8.03. The van der Waals surface area contributed by atoms with Gasteiger partial charge in [0.1, 0.15) is 11.1 Å². The fourth-order valence-electron chi connectivity index (χ4n) is 1.40. The van der Waals surface area contributed by atoms with E-state index in [9.17, 15) is 10.1 Å². The van der Waals surface area contributed by atoms with E-state index in [2.05, 4.69) is 5.32 Å². The van der Waals surface area contributed by atoms with Crippen molar-refractivity contribution in [1.29, 1.82) is 5.26 Å². The Hall–Kier alpha value is -1.45.